The lowest BCUT2D eigenvalue weighted by Gasteiger charge is -2.09. The van der Waals surface area contributed by atoms with Gasteiger partial charge in [-0.05, 0) is 41.0 Å². The maximum absolute atomic E-state index is 4.66. The SMILES string of the molecule is Cc1nc(-c2ccc(-c3cccc4ccccc34)cc2)nc(-c2cccnc2)n1. The number of nitrogens with zero attached hydrogens (tertiary/aromatic N) is 4. The van der Waals surface area contributed by atoms with Crippen molar-refractivity contribution in [3.8, 4) is 33.9 Å². The van der Waals surface area contributed by atoms with Gasteiger partial charge in [-0.3, -0.25) is 4.98 Å². The molecule has 0 aliphatic rings. The van der Waals surface area contributed by atoms with Gasteiger partial charge in [0.05, 0.1) is 0 Å². The van der Waals surface area contributed by atoms with Crippen LogP contribution in [0.15, 0.2) is 91.3 Å². The summed E-state index contributed by atoms with van der Waals surface area (Å²) in [6.07, 6.45) is 3.51. The van der Waals surface area contributed by atoms with Gasteiger partial charge in [0.15, 0.2) is 11.6 Å². The summed E-state index contributed by atoms with van der Waals surface area (Å²) >= 11 is 0. The summed E-state index contributed by atoms with van der Waals surface area (Å²) < 4.78 is 0. The zero-order chi connectivity index (χ0) is 19.6. The van der Waals surface area contributed by atoms with Crippen molar-refractivity contribution in [1.29, 1.82) is 0 Å². The van der Waals surface area contributed by atoms with Crippen molar-refractivity contribution in [3.05, 3.63) is 97.1 Å². The molecule has 2 heterocycles. The van der Waals surface area contributed by atoms with Crippen LogP contribution in [0.1, 0.15) is 5.82 Å². The fraction of sp³-hybridized carbons (Fsp3) is 0.0400. The molecule has 0 aliphatic carbocycles. The average Bonchev–Trinajstić information content (AvgIpc) is 2.79. The van der Waals surface area contributed by atoms with Crippen LogP contribution in [0.25, 0.3) is 44.7 Å². The number of rotatable bonds is 3. The molecular weight excluding hydrogens is 356 g/mol. The van der Waals surface area contributed by atoms with E-state index in [0.717, 1.165) is 11.1 Å². The average molecular weight is 374 g/mol. The third-order valence-corrected chi connectivity index (χ3v) is 4.91. The molecule has 5 rings (SSSR count). The van der Waals surface area contributed by atoms with E-state index in [-0.39, 0.29) is 0 Å². The Morgan fingerprint density at radius 3 is 2.10 bits per heavy atom. The van der Waals surface area contributed by atoms with Gasteiger partial charge in [-0.2, -0.15) is 0 Å². The molecule has 138 valence electrons. The molecule has 0 fully saturated rings. The first-order valence-electron chi connectivity index (χ1n) is 9.49. The Labute approximate surface area is 169 Å². The summed E-state index contributed by atoms with van der Waals surface area (Å²) in [5.41, 5.74) is 4.23. The van der Waals surface area contributed by atoms with Crippen LogP contribution in [0.4, 0.5) is 0 Å². The molecule has 2 aromatic heterocycles. The molecule has 3 aromatic carbocycles. The molecule has 0 unspecified atom stereocenters. The number of fused-ring (bicyclic) bond motifs is 1. The van der Waals surface area contributed by atoms with E-state index < -0.39 is 0 Å². The molecule has 4 nitrogen and oxygen atoms in total. The second-order valence-corrected chi connectivity index (χ2v) is 6.88. The van der Waals surface area contributed by atoms with Gasteiger partial charge in [-0.15, -0.1) is 0 Å². The van der Waals surface area contributed by atoms with Gasteiger partial charge in [-0.1, -0.05) is 66.7 Å². The Hall–Kier alpha value is -3.92. The highest BCUT2D eigenvalue weighted by molar-refractivity contribution is 5.96. The summed E-state index contributed by atoms with van der Waals surface area (Å²) in [7, 11) is 0. The Bertz CT molecular complexity index is 1290. The number of aromatic nitrogens is 4. The molecule has 4 heteroatoms. The molecule has 0 radical (unpaired) electrons. The monoisotopic (exact) mass is 374 g/mol. The van der Waals surface area contributed by atoms with Gasteiger partial charge in [0.25, 0.3) is 0 Å². The van der Waals surface area contributed by atoms with E-state index in [1.54, 1.807) is 12.4 Å². The smallest absolute Gasteiger partial charge is 0.165 e. The number of pyridine rings is 1. The van der Waals surface area contributed by atoms with Crippen LogP contribution in [0.5, 0.6) is 0 Å². The Kier molecular flexibility index (Phi) is 4.30. The Balaban J connectivity index is 1.55. The topological polar surface area (TPSA) is 51.6 Å². The fourth-order valence-electron chi connectivity index (χ4n) is 3.51. The van der Waals surface area contributed by atoms with Crippen LogP contribution in [-0.4, -0.2) is 19.9 Å². The predicted octanol–water partition coefficient (Wildman–Crippen LogP) is 5.73. The van der Waals surface area contributed by atoms with Crippen LogP contribution in [0.3, 0.4) is 0 Å². The lowest BCUT2D eigenvalue weighted by molar-refractivity contribution is 0.990. The number of hydrogen-bond acceptors (Lipinski definition) is 4. The van der Waals surface area contributed by atoms with Gasteiger partial charge in [0.2, 0.25) is 0 Å². The van der Waals surface area contributed by atoms with E-state index in [2.05, 4.69) is 86.7 Å². The third kappa shape index (κ3) is 3.36. The predicted molar refractivity (Wildman–Crippen MR) is 116 cm³/mol. The zero-order valence-electron chi connectivity index (χ0n) is 15.9. The van der Waals surface area contributed by atoms with Crippen LogP contribution in [0, 0.1) is 6.92 Å². The first kappa shape index (κ1) is 17.2. The third-order valence-electron chi connectivity index (χ3n) is 4.91. The number of hydrogen-bond donors (Lipinski definition) is 0. The van der Waals surface area contributed by atoms with Crippen LogP contribution >= 0.6 is 0 Å². The molecular formula is C25H18N4. The maximum atomic E-state index is 4.66. The largest absolute Gasteiger partial charge is 0.264 e. The van der Waals surface area contributed by atoms with Crippen molar-refractivity contribution < 1.29 is 0 Å². The van der Waals surface area contributed by atoms with E-state index >= 15 is 0 Å². The van der Waals surface area contributed by atoms with Crippen LogP contribution < -0.4 is 0 Å². The summed E-state index contributed by atoms with van der Waals surface area (Å²) in [5.74, 6) is 1.99. The highest BCUT2D eigenvalue weighted by Gasteiger charge is 2.10. The quantitative estimate of drug-likeness (QED) is 0.405. The van der Waals surface area contributed by atoms with Gasteiger partial charge < -0.3 is 0 Å². The minimum Gasteiger partial charge on any atom is -0.264 e. The van der Waals surface area contributed by atoms with Gasteiger partial charge in [0, 0.05) is 23.5 Å². The zero-order valence-corrected chi connectivity index (χ0v) is 15.9. The molecule has 0 saturated heterocycles. The highest BCUT2D eigenvalue weighted by atomic mass is 15.0. The minimum atomic E-state index is 0.638. The van der Waals surface area contributed by atoms with E-state index in [1.807, 2.05) is 19.1 Å². The van der Waals surface area contributed by atoms with Gasteiger partial charge in [0.1, 0.15) is 5.82 Å². The molecule has 0 amide bonds. The fourth-order valence-corrected chi connectivity index (χ4v) is 3.51. The molecule has 0 N–H and O–H groups in total. The Morgan fingerprint density at radius 1 is 0.586 bits per heavy atom. The molecule has 0 aliphatic heterocycles. The van der Waals surface area contributed by atoms with Crippen molar-refractivity contribution in [2.75, 3.05) is 0 Å². The molecule has 0 saturated carbocycles. The second-order valence-electron chi connectivity index (χ2n) is 6.88. The number of aryl methyl sites for hydroxylation is 1. The van der Waals surface area contributed by atoms with Crippen molar-refractivity contribution in [2.24, 2.45) is 0 Å². The van der Waals surface area contributed by atoms with E-state index in [1.165, 1.54) is 21.9 Å². The molecule has 5 aromatic rings. The first-order valence-corrected chi connectivity index (χ1v) is 9.49. The minimum absolute atomic E-state index is 0.638. The van der Waals surface area contributed by atoms with Crippen molar-refractivity contribution in [2.45, 2.75) is 6.92 Å². The summed E-state index contributed by atoms with van der Waals surface area (Å²) in [4.78, 5) is 17.8. The molecule has 0 bridgehead atoms. The van der Waals surface area contributed by atoms with E-state index in [4.69, 9.17) is 0 Å². The lowest BCUT2D eigenvalue weighted by atomic mass is 9.97. The van der Waals surface area contributed by atoms with E-state index in [0.29, 0.717) is 17.5 Å². The lowest BCUT2D eigenvalue weighted by Crippen LogP contribution is -1.99. The van der Waals surface area contributed by atoms with Crippen molar-refractivity contribution >= 4 is 10.8 Å². The van der Waals surface area contributed by atoms with Gasteiger partial charge >= 0.3 is 0 Å². The molecule has 29 heavy (non-hydrogen) atoms. The summed E-state index contributed by atoms with van der Waals surface area (Å²) in [6, 6.07) is 27.1. The second kappa shape index (κ2) is 7.24. The van der Waals surface area contributed by atoms with Crippen LogP contribution in [-0.2, 0) is 0 Å². The highest BCUT2D eigenvalue weighted by Crippen LogP contribution is 2.30. The molecule has 0 atom stereocenters. The standard InChI is InChI=1S/C25H18N4/c1-17-27-24(29-25(28-17)21-8-5-15-26-16-21)20-13-11-19(12-14-20)23-10-4-7-18-6-2-3-9-22(18)23/h2-16H,1H3. The maximum Gasteiger partial charge on any atom is 0.165 e. The summed E-state index contributed by atoms with van der Waals surface area (Å²) in [6.45, 7) is 1.88. The Morgan fingerprint density at radius 2 is 1.31 bits per heavy atom. The van der Waals surface area contributed by atoms with Gasteiger partial charge in [-0.25, -0.2) is 15.0 Å². The van der Waals surface area contributed by atoms with Crippen molar-refractivity contribution in [1.82, 2.24) is 19.9 Å². The van der Waals surface area contributed by atoms with Crippen molar-refractivity contribution in [3.63, 3.8) is 0 Å². The molecule has 0 spiro atoms. The van der Waals surface area contributed by atoms with Crippen LogP contribution in [0.2, 0.25) is 0 Å². The summed E-state index contributed by atoms with van der Waals surface area (Å²) in [5, 5.41) is 2.49. The van der Waals surface area contributed by atoms with E-state index in [9.17, 15) is 0 Å². The first-order chi connectivity index (χ1) is 14.3. The normalized spacial score (nSPS) is 10.9. The number of benzene rings is 3.